The Labute approximate surface area is 191 Å². The molecule has 33 heavy (non-hydrogen) atoms. The second-order valence-electron chi connectivity index (χ2n) is 7.18. The summed E-state index contributed by atoms with van der Waals surface area (Å²) >= 11 is 0. The normalized spacial score (nSPS) is 10.3. The molecule has 1 heterocycles. The summed E-state index contributed by atoms with van der Waals surface area (Å²) in [6.07, 6.45) is 1.43. The van der Waals surface area contributed by atoms with Crippen molar-refractivity contribution in [1.29, 1.82) is 0 Å². The maximum atomic E-state index is 12.5. The Hall–Kier alpha value is -4.52. The first-order valence-corrected chi connectivity index (χ1v) is 10.4. The molecule has 0 atom stereocenters. The topological polar surface area (TPSA) is 92.6 Å². The summed E-state index contributed by atoms with van der Waals surface area (Å²) in [7, 11) is 0. The van der Waals surface area contributed by atoms with E-state index >= 15 is 0 Å². The summed E-state index contributed by atoms with van der Waals surface area (Å²) in [6, 6.07) is 27.5. The molecular formula is C26H23N3O4. The number of anilines is 3. The predicted octanol–water partition coefficient (Wildman–Crippen LogP) is 5.16. The Morgan fingerprint density at radius 3 is 2.33 bits per heavy atom. The van der Waals surface area contributed by atoms with Gasteiger partial charge >= 0.3 is 0 Å². The average molecular weight is 441 g/mol. The van der Waals surface area contributed by atoms with E-state index in [1.54, 1.807) is 36.4 Å². The molecule has 4 rings (SSSR count). The molecule has 0 fully saturated rings. The third-order valence-electron chi connectivity index (χ3n) is 4.71. The van der Waals surface area contributed by atoms with Crippen LogP contribution in [-0.4, -0.2) is 18.4 Å². The highest BCUT2D eigenvalue weighted by Gasteiger charge is 2.10. The van der Waals surface area contributed by atoms with Crippen molar-refractivity contribution in [2.24, 2.45) is 0 Å². The fourth-order valence-corrected chi connectivity index (χ4v) is 3.13. The molecule has 0 unspecified atom stereocenters. The lowest BCUT2D eigenvalue weighted by Crippen LogP contribution is -2.22. The van der Waals surface area contributed by atoms with Crippen molar-refractivity contribution in [2.75, 3.05) is 22.5 Å². The summed E-state index contributed by atoms with van der Waals surface area (Å²) in [5.74, 6) is 0.276. The first-order valence-electron chi connectivity index (χ1n) is 10.4. The molecule has 0 aliphatic rings. The molecule has 0 saturated heterocycles. The van der Waals surface area contributed by atoms with Crippen LogP contribution in [-0.2, 0) is 11.4 Å². The van der Waals surface area contributed by atoms with Crippen LogP contribution in [0.3, 0.4) is 0 Å². The molecule has 7 nitrogen and oxygen atoms in total. The van der Waals surface area contributed by atoms with Gasteiger partial charge in [-0.2, -0.15) is 0 Å². The van der Waals surface area contributed by atoms with Gasteiger partial charge in [-0.05, 0) is 48.0 Å². The largest absolute Gasteiger partial charge is 0.487 e. The van der Waals surface area contributed by atoms with Crippen LogP contribution in [0.15, 0.2) is 102 Å². The molecule has 2 amide bonds. The van der Waals surface area contributed by atoms with E-state index < -0.39 is 0 Å². The highest BCUT2D eigenvalue weighted by atomic mass is 16.5. The lowest BCUT2D eigenvalue weighted by Gasteiger charge is -2.13. The van der Waals surface area contributed by atoms with Crippen LogP contribution in [0.2, 0.25) is 0 Å². The van der Waals surface area contributed by atoms with Gasteiger partial charge in [-0.1, -0.05) is 48.5 Å². The Bertz CT molecular complexity index is 1210. The molecule has 4 aromatic rings. The molecule has 0 radical (unpaired) electrons. The lowest BCUT2D eigenvalue weighted by molar-refractivity contribution is -0.114. The van der Waals surface area contributed by atoms with Gasteiger partial charge < -0.3 is 25.1 Å². The van der Waals surface area contributed by atoms with Crippen LogP contribution in [0.5, 0.6) is 5.75 Å². The molecule has 0 saturated carbocycles. The minimum atomic E-state index is -0.364. The average Bonchev–Trinajstić information content (AvgIpc) is 3.38. The second-order valence-corrected chi connectivity index (χ2v) is 7.18. The first-order chi connectivity index (χ1) is 16.2. The van der Waals surface area contributed by atoms with Crippen molar-refractivity contribution in [3.05, 3.63) is 109 Å². The van der Waals surface area contributed by atoms with Crippen molar-refractivity contribution < 1.29 is 18.7 Å². The Morgan fingerprint density at radius 2 is 1.55 bits per heavy atom. The lowest BCUT2D eigenvalue weighted by atomic mass is 10.2. The van der Waals surface area contributed by atoms with E-state index in [2.05, 4.69) is 16.0 Å². The maximum Gasteiger partial charge on any atom is 0.291 e. The van der Waals surface area contributed by atoms with E-state index in [9.17, 15) is 9.59 Å². The highest BCUT2D eigenvalue weighted by molar-refractivity contribution is 6.02. The van der Waals surface area contributed by atoms with Gasteiger partial charge in [-0.25, -0.2) is 0 Å². The Balaban J connectivity index is 1.31. The van der Waals surface area contributed by atoms with Crippen LogP contribution < -0.4 is 20.7 Å². The van der Waals surface area contributed by atoms with E-state index in [0.29, 0.717) is 23.7 Å². The van der Waals surface area contributed by atoms with E-state index in [-0.39, 0.29) is 24.1 Å². The van der Waals surface area contributed by atoms with E-state index in [4.69, 9.17) is 9.15 Å². The summed E-state index contributed by atoms with van der Waals surface area (Å²) in [5.41, 5.74) is 2.89. The van der Waals surface area contributed by atoms with E-state index in [1.165, 1.54) is 6.26 Å². The predicted molar refractivity (Wildman–Crippen MR) is 127 cm³/mol. The van der Waals surface area contributed by atoms with Crippen LogP contribution in [0.25, 0.3) is 0 Å². The fraction of sp³-hybridized carbons (Fsp3) is 0.0769. The monoisotopic (exact) mass is 441 g/mol. The minimum absolute atomic E-state index is 0.0503. The molecule has 166 valence electrons. The van der Waals surface area contributed by atoms with Crippen molar-refractivity contribution in [3.8, 4) is 5.75 Å². The molecule has 7 heteroatoms. The van der Waals surface area contributed by atoms with Gasteiger partial charge in [0.1, 0.15) is 12.4 Å². The number of nitrogens with one attached hydrogen (secondary N) is 3. The number of carbonyl (C=O) groups is 2. The third kappa shape index (κ3) is 6.24. The molecule has 0 spiro atoms. The van der Waals surface area contributed by atoms with Crippen molar-refractivity contribution >= 4 is 28.9 Å². The smallest absolute Gasteiger partial charge is 0.291 e. The quantitative estimate of drug-likeness (QED) is 0.334. The van der Waals surface area contributed by atoms with Crippen LogP contribution >= 0.6 is 0 Å². The first kappa shape index (κ1) is 21.7. The number of amides is 2. The summed E-state index contributed by atoms with van der Waals surface area (Å²) in [5, 5.41) is 8.67. The number of hydrogen-bond acceptors (Lipinski definition) is 5. The van der Waals surface area contributed by atoms with Gasteiger partial charge in [-0.3, -0.25) is 9.59 Å². The standard InChI is InChI=1S/C26H23N3O4/c30-25(28-20-10-6-11-21(16-20)29-26(31)24-14-7-15-32-24)17-27-22-12-4-5-13-23(22)33-18-19-8-2-1-3-9-19/h1-16,27H,17-18H2,(H,28,30)(H,29,31). The van der Waals surface area contributed by atoms with Gasteiger partial charge in [0.2, 0.25) is 5.91 Å². The molecule has 3 aromatic carbocycles. The molecule has 1 aromatic heterocycles. The minimum Gasteiger partial charge on any atom is -0.487 e. The highest BCUT2D eigenvalue weighted by Crippen LogP contribution is 2.24. The number of ether oxygens (including phenoxy) is 1. The molecular weight excluding hydrogens is 418 g/mol. The van der Waals surface area contributed by atoms with Crippen LogP contribution in [0, 0.1) is 0 Å². The van der Waals surface area contributed by atoms with Gasteiger partial charge in [0.15, 0.2) is 5.76 Å². The molecule has 0 aliphatic carbocycles. The van der Waals surface area contributed by atoms with Crippen molar-refractivity contribution in [3.63, 3.8) is 0 Å². The van der Waals surface area contributed by atoms with E-state index in [1.807, 2.05) is 54.6 Å². The number of furan rings is 1. The zero-order valence-electron chi connectivity index (χ0n) is 17.8. The number of benzene rings is 3. The number of carbonyl (C=O) groups excluding carboxylic acids is 2. The Kier molecular flexibility index (Phi) is 7.02. The second kappa shape index (κ2) is 10.7. The number of rotatable bonds is 9. The SMILES string of the molecule is O=C(CNc1ccccc1OCc1ccccc1)Nc1cccc(NC(=O)c2ccco2)c1. The molecule has 0 aliphatic heterocycles. The zero-order valence-corrected chi connectivity index (χ0v) is 17.8. The van der Waals surface area contributed by atoms with Crippen molar-refractivity contribution in [1.82, 2.24) is 0 Å². The Morgan fingerprint density at radius 1 is 0.788 bits per heavy atom. The van der Waals surface area contributed by atoms with Crippen LogP contribution in [0.1, 0.15) is 16.1 Å². The van der Waals surface area contributed by atoms with Crippen molar-refractivity contribution in [2.45, 2.75) is 6.61 Å². The van der Waals surface area contributed by atoms with Gasteiger partial charge in [0.05, 0.1) is 18.5 Å². The summed E-state index contributed by atoms with van der Waals surface area (Å²) < 4.78 is 11.0. The van der Waals surface area contributed by atoms with Crippen LogP contribution in [0.4, 0.5) is 17.1 Å². The number of para-hydroxylation sites is 2. The maximum absolute atomic E-state index is 12.5. The van der Waals surface area contributed by atoms with Gasteiger partial charge in [-0.15, -0.1) is 0 Å². The van der Waals surface area contributed by atoms with E-state index in [0.717, 1.165) is 11.3 Å². The third-order valence-corrected chi connectivity index (χ3v) is 4.71. The van der Waals surface area contributed by atoms with Gasteiger partial charge in [0, 0.05) is 11.4 Å². The summed E-state index contributed by atoms with van der Waals surface area (Å²) in [6.45, 7) is 0.483. The summed E-state index contributed by atoms with van der Waals surface area (Å²) in [4.78, 5) is 24.6. The molecule has 0 bridgehead atoms. The fourth-order valence-electron chi connectivity index (χ4n) is 3.13. The number of hydrogen-bond donors (Lipinski definition) is 3. The molecule has 3 N–H and O–H groups in total. The van der Waals surface area contributed by atoms with Gasteiger partial charge in [0.25, 0.3) is 5.91 Å². The zero-order chi connectivity index (χ0) is 22.9.